The molecule has 0 heterocycles. The van der Waals surface area contributed by atoms with Gasteiger partial charge in [0, 0.05) is 0 Å². The normalized spacial score (nSPS) is 12.6. The minimum atomic E-state index is -0.257. The zero-order valence-corrected chi connectivity index (χ0v) is 9.38. The van der Waals surface area contributed by atoms with Crippen LogP contribution >= 0.6 is 0 Å². The fraction of sp³-hybridized carbons (Fsp3) is 0.818. The van der Waals surface area contributed by atoms with Gasteiger partial charge in [0.1, 0.15) is 0 Å². The Morgan fingerprint density at radius 1 is 1.50 bits per heavy atom. The summed E-state index contributed by atoms with van der Waals surface area (Å²) in [5.41, 5.74) is 0. The summed E-state index contributed by atoms with van der Waals surface area (Å²) in [5.74, 6) is 0.739. The lowest BCUT2D eigenvalue weighted by atomic mass is 9.91. The van der Waals surface area contributed by atoms with Crippen molar-refractivity contribution in [1.29, 1.82) is 5.41 Å². The van der Waals surface area contributed by atoms with Crippen LogP contribution in [-0.2, 0) is 9.53 Å². The molecular formula is C11H21NO2. The molecule has 0 aromatic heterocycles. The lowest BCUT2D eigenvalue weighted by Gasteiger charge is -2.20. The monoisotopic (exact) mass is 199 g/mol. The smallest absolute Gasteiger partial charge is 0.247 e. The maximum Gasteiger partial charge on any atom is 0.247 e. The summed E-state index contributed by atoms with van der Waals surface area (Å²) < 4.78 is 5.03. The van der Waals surface area contributed by atoms with Gasteiger partial charge in [-0.05, 0) is 18.3 Å². The molecule has 0 amide bonds. The van der Waals surface area contributed by atoms with Gasteiger partial charge in [0.2, 0.25) is 12.2 Å². The molecule has 0 rings (SSSR count). The number of carbonyl (C=O) groups excluding carboxylic acids is 1. The fourth-order valence-corrected chi connectivity index (χ4v) is 1.31. The second-order valence-electron chi connectivity index (χ2n) is 3.94. The van der Waals surface area contributed by atoms with Gasteiger partial charge in [-0.2, -0.15) is 0 Å². The summed E-state index contributed by atoms with van der Waals surface area (Å²) in [5, 5.41) is 7.06. The number of unbranched alkanes of at least 4 members (excludes halogenated alkanes) is 1. The minimum absolute atomic E-state index is 0.257. The van der Waals surface area contributed by atoms with Crippen molar-refractivity contribution in [2.45, 2.75) is 40.0 Å². The Hall–Kier alpha value is -0.860. The number of aldehydes is 1. The Kier molecular flexibility index (Phi) is 7.07. The van der Waals surface area contributed by atoms with Crippen LogP contribution in [0.25, 0.3) is 0 Å². The number of nitrogens with one attached hydrogen (secondary N) is 1. The molecule has 0 spiro atoms. The van der Waals surface area contributed by atoms with Gasteiger partial charge >= 0.3 is 0 Å². The first-order chi connectivity index (χ1) is 6.61. The highest BCUT2D eigenvalue weighted by Gasteiger charge is 2.14. The highest BCUT2D eigenvalue weighted by Crippen LogP contribution is 2.18. The van der Waals surface area contributed by atoms with E-state index < -0.39 is 0 Å². The average Bonchev–Trinajstić information content (AvgIpc) is 2.16. The molecule has 3 heteroatoms. The molecular weight excluding hydrogens is 178 g/mol. The van der Waals surface area contributed by atoms with E-state index in [1.807, 2.05) is 0 Å². The van der Waals surface area contributed by atoms with E-state index in [2.05, 4.69) is 20.8 Å². The zero-order chi connectivity index (χ0) is 11.0. The van der Waals surface area contributed by atoms with E-state index in [-0.39, 0.29) is 5.90 Å². The number of hydrogen-bond acceptors (Lipinski definition) is 3. The largest absolute Gasteiger partial charge is 0.475 e. The van der Waals surface area contributed by atoms with E-state index in [4.69, 9.17) is 10.1 Å². The molecule has 0 saturated heterocycles. The number of carbonyl (C=O) groups is 1. The van der Waals surface area contributed by atoms with Gasteiger partial charge in [-0.3, -0.25) is 10.2 Å². The molecule has 1 unspecified atom stereocenters. The Balaban J connectivity index is 3.84. The van der Waals surface area contributed by atoms with Crippen LogP contribution in [-0.4, -0.2) is 18.8 Å². The molecule has 1 N–H and O–H groups in total. The van der Waals surface area contributed by atoms with Crippen LogP contribution in [0.4, 0.5) is 0 Å². The molecule has 0 aliphatic heterocycles. The van der Waals surface area contributed by atoms with E-state index in [1.165, 1.54) is 12.8 Å². The standard InChI is InChI=1S/C11H21NO2/c1-4-5-6-10(9(2)3)8-14-11(12)7-13/h7,9-10,12H,4-6,8H2,1-3H3. The van der Waals surface area contributed by atoms with Gasteiger partial charge in [0.05, 0.1) is 6.61 Å². The maximum absolute atomic E-state index is 10.2. The SMILES string of the molecule is CCCCC(COC(=N)C=O)C(C)C. The van der Waals surface area contributed by atoms with Gasteiger partial charge in [0.25, 0.3) is 0 Å². The molecule has 0 saturated carbocycles. The van der Waals surface area contributed by atoms with Crippen molar-refractivity contribution in [1.82, 2.24) is 0 Å². The summed E-state index contributed by atoms with van der Waals surface area (Å²) in [7, 11) is 0. The van der Waals surface area contributed by atoms with Gasteiger partial charge in [-0.25, -0.2) is 0 Å². The average molecular weight is 199 g/mol. The first-order valence-corrected chi connectivity index (χ1v) is 5.28. The summed E-state index contributed by atoms with van der Waals surface area (Å²) in [6, 6.07) is 0. The summed E-state index contributed by atoms with van der Waals surface area (Å²) in [6.07, 6.45) is 3.91. The summed E-state index contributed by atoms with van der Waals surface area (Å²) in [4.78, 5) is 10.2. The predicted molar refractivity (Wildman–Crippen MR) is 57.6 cm³/mol. The maximum atomic E-state index is 10.2. The molecule has 3 nitrogen and oxygen atoms in total. The molecule has 82 valence electrons. The van der Waals surface area contributed by atoms with Crippen LogP contribution < -0.4 is 0 Å². The van der Waals surface area contributed by atoms with Crippen molar-refractivity contribution in [3.05, 3.63) is 0 Å². The van der Waals surface area contributed by atoms with Crippen molar-refractivity contribution in [2.24, 2.45) is 11.8 Å². The molecule has 1 atom stereocenters. The Morgan fingerprint density at radius 2 is 2.14 bits per heavy atom. The van der Waals surface area contributed by atoms with E-state index >= 15 is 0 Å². The number of hydrogen-bond donors (Lipinski definition) is 1. The lowest BCUT2D eigenvalue weighted by molar-refractivity contribution is -0.104. The molecule has 0 aliphatic rings. The van der Waals surface area contributed by atoms with Crippen LogP contribution in [0.3, 0.4) is 0 Å². The molecule has 0 bridgehead atoms. The van der Waals surface area contributed by atoms with Crippen LogP contribution in [0, 0.1) is 17.2 Å². The highest BCUT2D eigenvalue weighted by molar-refractivity contribution is 6.22. The summed E-state index contributed by atoms with van der Waals surface area (Å²) in [6.45, 7) is 6.95. The topological polar surface area (TPSA) is 50.1 Å². The zero-order valence-electron chi connectivity index (χ0n) is 9.38. The third-order valence-electron chi connectivity index (χ3n) is 2.43. The lowest BCUT2D eigenvalue weighted by Crippen LogP contribution is -2.19. The quantitative estimate of drug-likeness (QED) is 0.389. The second-order valence-corrected chi connectivity index (χ2v) is 3.94. The van der Waals surface area contributed by atoms with Crippen molar-refractivity contribution in [2.75, 3.05) is 6.61 Å². The van der Waals surface area contributed by atoms with E-state index in [0.29, 0.717) is 24.7 Å². The van der Waals surface area contributed by atoms with Gasteiger partial charge in [-0.15, -0.1) is 0 Å². The molecule has 0 radical (unpaired) electrons. The minimum Gasteiger partial charge on any atom is -0.475 e. The predicted octanol–water partition coefficient (Wildman–Crippen LogP) is 2.64. The van der Waals surface area contributed by atoms with Crippen molar-refractivity contribution >= 4 is 12.2 Å². The van der Waals surface area contributed by atoms with Crippen LogP contribution in [0.5, 0.6) is 0 Å². The highest BCUT2D eigenvalue weighted by atomic mass is 16.5. The summed E-state index contributed by atoms with van der Waals surface area (Å²) >= 11 is 0. The van der Waals surface area contributed by atoms with E-state index in [1.54, 1.807) is 0 Å². The third kappa shape index (κ3) is 5.73. The molecule has 14 heavy (non-hydrogen) atoms. The third-order valence-corrected chi connectivity index (χ3v) is 2.43. The number of rotatable bonds is 7. The fourth-order valence-electron chi connectivity index (χ4n) is 1.31. The Bertz CT molecular complexity index is 178. The van der Waals surface area contributed by atoms with E-state index in [9.17, 15) is 4.79 Å². The first kappa shape index (κ1) is 13.1. The molecule has 0 fully saturated rings. The Morgan fingerprint density at radius 3 is 2.57 bits per heavy atom. The van der Waals surface area contributed by atoms with Crippen LogP contribution in [0.1, 0.15) is 40.0 Å². The first-order valence-electron chi connectivity index (χ1n) is 5.28. The van der Waals surface area contributed by atoms with Crippen LogP contribution in [0.15, 0.2) is 0 Å². The van der Waals surface area contributed by atoms with E-state index in [0.717, 1.165) is 6.42 Å². The second kappa shape index (κ2) is 7.54. The van der Waals surface area contributed by atoms with Gasteiger partial charge in [-0.1, -0.05) is 33.6 Å². The van der Waals surface area contributed by atoms with Crippen molar-refractivity contribution in [3.8, 4) is 0 Å². The van der Waals surface area contributed by atoms with Crippen LogP contribution in [0.2, 0.25) is 0 Å². The van der Waals surface area contributed by atoms with Gasteiger partial charge < -0.3 is 4.74 Å². The van der Waals surface area contributed by atoms with Crippen molar-refractivity contribution in [3.63, 3.8) is 0 Å². The number of ether oxygens (including phenoxy) is 1. The molecule has 0 aromatic rings. The Labute approximate surface area is 86.3 Å². The molecule has 0 aromatic carbocycles. The van der Waals surface area contributed by atoms with Gasteiger partial charge in [0.15, 0.2) is 0 Å². The van der Waals surface area contributed by atoms with Crippen molar-refractivity contribution < 1.29 is 9.53 Å². The molecule has 0 aliphatic carbocycles.